The molecule has 0 saturated carbocycles. The van der Waals surface area contributed by atoms with Crippen LogP contribution in [0.25, 0.3) is 10.8 Å². The third kappa shape index (κ3) is 4.68. The van der Waals surface area contributed by atoms with Gasteiger partial charge in [-0.05, 0) is 48.2 Å². The van der Waals surface area contributed by atoms with E-state index in [4.69, 9.17) is 0 Å². The van der Waals surface area contributed by atoms with Crippen molar-refractivity contribution in [3.63, 3.8) is 0 Å². The van der Waals surface area contributed by atoms with Crippen LogP contribution in [0.15, 0.2) is 72.8 Å². The molecule has 3 aromatic rings. The van der Waals surface area contributed by atoms with Crippen LogP contribution >= 0.6 is 0 Å². The molecule has 0 radical (unpaired) electrons. The fourth-order valence-electron chi connectivity index (χ4n) is 3.21. The Kier molecular flexibility index (Phi) is 5.85. The SMILES string of the molecule is CC(C)N(CC[C@H](O)c1ccc2ccccc2c1)Cc1ccccc1. The van der Waals surface area contributed by atoms with E-state index >= 15 is 0 Å². The molecule has 0 heterocycles. The first-order valence-corrected chi connectivity index (χ1v) is 9.08. The van der Waals surface area contributed by atoms with Crippen LogP contribution in [0.5, 0.6) is 0 Å². The highest BCUT2D eigenvalue weighted by atomic mass is 16.3. The standard InChI is InChI=1S/C23H27NO/c1-18(2)24(17-19-8-4-3-5-9-19)15-14-23(25)22-13-12-20-10-6-7-11-21(20)16-22/h3-13,16,18,23,25H,14-15,17H2,1-2H3/t23-/m0/s1. The number of benzene rings is 3. The highest BCUT2D eigenvalue weighted by Crippen LogP contribution is 2.23. The summed E-state index contributed by atoms with van der Waals surface area (Å²) in [5.74, 6) is 0. The molecule has 2 nitrogen and oxygen atoms in total. The molecule has 0 aromatic heterocycles. The molecule has 0 aliphatic heterocycles. The average Bonchev–Trinajstić information content (AvgIpc) is 2.65. The minimum atomic E-state index is -0.429. The lowest BCUT2D eigenvalue weighted by Crippen LogP contribution is -2.32. The molecule has 0 aliphatic rings. The van der Waals surface area contributed by atoms with E-state index in [1.807, 2.05) is 24.3 Å². The maximum absolute atomic E-state index is 10.7. The monoisotopic (exact) mass is 333 g/mol. The van der Waals surface area contributed by atoms with Crippen molar-refractivity contribution in [2.75, 3.05) is 6.54 Å². The van der Waals surface area contributed by atoms with Gasteiger partial charge in [0.05, 0.1) is 6.10 Å². The second-order valence-electron chi connectivity index (χ2n) is 6.96. The Morgan fingerprint density at radius 3 is 2.24 bits per heavy atom. The van der Waals surface area contributed by atoms with Crippen molar-refractivity contribution in [3.05, 3.63) is 83.9 Å². The zero-order valence-electron chi connectivity index (χ0n) is 15.1. The molecule has 0 aliphatic carbocycles. The second-order valence-corrected chi connectivity index (χ2v) is 6.96. The van der Waals surface area contributed by atoms with Crippen LogP contribution in [0, 0.1) is 0 Å². The Bertz CT molecular complexity index is 797. The van der Waals surface area contributed by atoms with Gasteiger partial charge in [0, 0.05) is 19.1 Å². The molecular formula is C23H27NO. The average molecular weight is 333 g/mol. The first-order valence-electron chi connectivity index (χ1n) is 9.08. The molecule has 130 valence electrons. The fourth-order valence-corrected chi connectivity index (χ4v) is 3.21. The predicted octanol–water partition coefficient (Wildman–Crippen LogP) is 5.17. The van der Waals surface area contributed by atoms with Gasteiger partial charge in [-0.1, -0.05) is 66.7 Å². The molecule has 0 amide bonds. The Hall–Kier alpha value is -2.16. The highest BCUT2D eigenvalue weighted by molar-refractivity contribution is 5.83. The summed E-state index contributed by atoms with van der Waals surface area (Å²) in [6, 6.07) is 25.5. The van der Waals surface area contributed by atoms with Crippen LogP contribution in [0.2, 0.25) is 0 Å². The largest absolute Gasteiger partial charge is 0.388 e. The van der Waals surface area contributed by atoms with E-state index in [1.54, 1.807) is 0 Å². The summed E-state index contributed by atoms with van der Waals surface area (Å²) in [7, 11) is 0. The van der Waals surface area contributed by atoms with Crippen LogP contribution in [0.3, 0.4) is 0 Å². The predicted molar refractivity (Wildman–Crippen MR) is 106 cm³/mol. The van der Waals surface area contributed by atoms with Crippen molar-refractivity contribution < 1.29 is 5.11 Å². The molecule has 3 aromatic carbocycles. The quantitative estimate of drug-likeness (QED) is 0.644. The molecule has 0 saturated heterocycles. The van der Waals surface area contributed by atoms with E-state index in [1.165, 1.54) is 16.3 Å². The number of fused-ring (bicyclic) bond motifs is 1. The summed E-state index contributed by atoms with van der Waals surface area (Å²) >= 11 is 0. The summed E-state index contributed by atoms with van der Waals surface area (Å²) in [6.45, 7) is 6.22. The van der Waals surface area contributed by atoms with Crippen LogP contribution < -0.4 is 0 Å². The van der Waals surface area contributed by atoms with Crippen molar-refractivity contribution in [3.8, 4) is 0 Å². The first kappa shape index (κ1) is 17.7. The summed E-state index contributed by atoms with van der Waals surface area (Å²) in [5, 5.41) is 13.0. The Morgan fingerprint density at radius 1 is 0.840 bits per heavy atom. The van der Waals surface area contributed by atoms with Crippen LogP contribution in [-0.2, 0) is 6.54 Å². The maximum Gasteiger partial charge on any atom is 0.0802 e. The van der Waals surface area contributed by atoms with Gasteiger partial charge in [0.15, 0.2) is 0 Å². The van der Waals surface area contributed by atoms with Gasteiger partial charge >= 0.3 is 0 Å². The lowest BCUT2D eigenvalue weighted by Gasteiger charge is -2.27. The smallest absolute Gasteiger partial charge is 0.0802 e. The lowest BCUT2D eigenvalue weighted by molar-refractivity contribution is 0.127. The molecule has 2 heteroatoms. The molecule has 25 heavy (non-hydrogen) atoms. The Morgan fingerprint density at radius 2 is 1.52 bits per heavy atom. The van der Waals surface area contributed by atoms with Crippen molar-refractivity contribution >= 4 is 10.8 Å². The number of nitrogens with zero attached hydrogens (tertiary/aromatic N) is 1. The minimum absolute atomic E-state index is 0.429. The third-order valence-electron chi connectivity index (χ3n) is 4.81. The van der Waals surface area contributed by atoms with Crippen molar-refractivity contribution in [2.45, 2.75) is 39.0 Å². The number of hydrogen-bond donors (Lipinski definition) is 1. The van der Waals surface area contributed by atoms with E-state index in [0.29, 0.717) is 6.04 Å². The van der Waals surface area contributed by atoms with E-state index < -0.39 is 6.10 Å². The third-order valence-corrected chi connectivity index (χ3v) is 4.81. The maximum atomic E-state index is 10.7. The molecule has 0 fully saturated rings. The van der Waals surface area contributed by atoms with Gasteiger partial charge in [-0.15, -0.1) is 0 Å². The number of aliphatic hydroxyl groups is 1. The van der Waals surface area contributed by atoms with Gasteiger partial charge in [0.2, 0.25) is 0 Å². The van der Waals surface area contributed by atoms with Gasteiger partial charge < -0.3 is 5.11 Å². The molecule has 0 bridgehead atoms. The highest BCUT2D eigenvalue weighted by Gasteiger charge is 2.14. The Labute approximate surface area is 150 Å². The van der Waals surface area contributed by atoms with E-state index in [0.717, 1.165) is 25.1 Å². The van der Waals surface area contributed by atoms with E-state index in [2.05, 4.69) is 67.3 Å². The zero-order chi connectivity index (χ0) is 17.6. The second kappa shape index (κ2) is 8.28. The molecule has 3 rings (SSSR count). The molecule has 1 atom stereocenters. The van der Waals surface area contributed by atoms with Gasteiger partial charge in [0.1, 0.15) is 0 Å². The molecule has 0 unspecified atom stereocenters. The normalized spacial score (nSPS) is 12.8. The molecule has 0 spiro atoms. The van der Waals surface area contributed by atoms with Gasteiger partial charge in [-0.25, -0.2) is 0 Å². The fraction of sp³-hybridized carbons (Fsp3) is 0.304. The van der Waals surface area contributed by atoms with Gasteiger partial charge in [-0.2, -0.15) is 0 Å². The van der Waals surface area contributed by atoms with Gasteiger partial charge in [0.25, 0.3) is 0 Å². The number of aliphatic hydroxyl groups excluding tert-OH is 1. The summed E-state index contributed by atoms with van der Waals surface area (Å²) in [5.41, 5.74) is 2.32. The summed E-state index contributed by atoms with van der Waals surface area (Å²) in [4.78, 5) is 2.42. The van der Waals surface area contributed by atoms with Crippen molar-refractivity contribution in [1.82, 2.24) is 4.90 Å². The minimum Gasteiger partial charge on any atom is -0.388 e. The topological polar surface area (TPSA) is 23.5 Å². The molecular weight excluding hydrogens is 306 g/mol. The van der Waals surface area contributed by atoms with Crippen LogP contribution in [0.4, 0.5) is 0 Å². The van der Waals surface area contributed by atoms with E-state index in [9.17, 15) is 5.11 Å². The first-order chi connectivity index (χ1) is 12.1. The van der Waals surface area contributed by atoms with Crippen LogP contribution in [-0.4, -0.2) is 22.6 Å². The summed E-state index contributed by atoms with van der Waals surface area (Å²) in [6.07, 6.45) is 0.310. The Balaban J connectivity index is 1.65. The zero-order valence-corrected chi connectivity index (χ0v) is 15.1. The number of rotatable bonds is 7. The number of hydrogen-bond acceptors (Lipinski definition) is 2. The van der Waals surface area contributed by atoms with E-state index in [-0.39, 0.29) is 0 Å². The van der Waals surface area contributed by atoms with Crippen molar-refractivity contribution in [1.29, 1.82) is 0 Å². The molecule has 1 N–H and O–H groups in total. The van der Waals surface area contributed by atoms with Crippen LogP contribution in [0.1, 0.15) is 37.5 Å². The lowest BCUT2D eigenvalue weighted by atomic mass is 10.0. The summed E-state index contributed by atoms with van der Waals surface area (Å²) < 4.78 is 0. The van der Waals surface area contributed by atoms with Crippen molar-refractivity contribution in [2.24, 2.45) is 0 Å². The van der Waals surface area contributed by atoms with Gasteiger partial charge in [-0.3, -0.25) is 4.90 Å².